The van der Waals surface area contributed by atoms with Gasteiger partial charge in [-0.3, -0.25) is 9.62 Å². The van der Waals surface area contributed by atoms with E-state index < -0.39 is 10.0 Å². The molecule has 0 aromatic heterocycles. The Morgan fingerprint density at radius 1 is 1.03 bits per heavy atom. The molecule has 1 fully saturated rings. The summed E-state index contributed by atoms with van der Waals surface area (Å²) in [7, 11) is -3.28. The summed E-state index contributed by atoms with van der Waals surface area (Å²) in [6, 6.07) is 14.5. The van der Waals surface area contributed by atoms with E-state index in [4.69, 9.17) is 10.00 Å². The van der Waals surface area contributed by atoms with Crippen LogP contribution < -0.4 is 9.46 Å². The van der Waals surface area contributed by atoms with E-state index in [2.05, 4.69) is 27.8 Å². The van der Waals surface area contributed by atoms with Gasteiger partial charge in [0.25, 0.3) is 0 Å². The molecule has 7 heteroatoms. The number of likely N-dealkylation sites (tertiary alicyclic amines) is 1. The molecule has 1 N–H and O–H groups in total. The van der Waals surface area contributed by atoms with Gasteiger partial charge in [-0.25, -0.2) is 8.42 Å². The maximum atomic E-state index is 11.5. The average Bonchev–Trinajstić information content (AvgIpc) is 2.84. The zero-order valence-corrected chi connectivity index (χ0v) is 21.2. The third kappa shape index (κ3) is 5.39. The van der Waals surface area contributed by atoms with Gasteiger partial charge in [0.2, 0.25) is 10.0 Å². The number of fused-ring (bicyclic) bond motifs is 2. The van der Waals surface area contributed by atoms with Crippen LogP contribution in [0.4, 0.5) is 5.69 Å². The van der Waals surface area contributed by atoms with Crippen LogP contribution in [0, 0.1) is 11.3 Å². The highest BCUT2D eigenvalue weighted by Crippen LogP contribution is 2.41. The quantitative estimate of drug-likeness (QED) is 0.689. The highest BCUT2D eigenvalue weighted by atomic mass is 32.2. The van der Waals surface area contributed by atoms with Crippen LogP contribution in [0.25, 0.3) is 0 Å². The lowest BCUT2D eigenvalue weighted by molar-refractivity contribution is -0.0259. The van der Waals surface area contributed by atoms with Crippen molar-refractivity contribution in [3.8, 4) is 11.8 Å². The number of nitrogens with one attached hydrogen (secondary N) is 1. The summed E-state index contributed by atoms with van der Waals surface area (Å²) in [6.45, 7) is 6.08. The van der Waals surface area contributed by atoms with Gasteiger partial charge in [-0.2, -0.15) is 5.26 Å². The monoisotopic (exact) mass is 481 g/mol. The van der Waals surface area contributed by atoms with Gasteiger partial charge in [0.1, 0.15) is 11.4 Å². The van der Waals surface area contributed by atoms with E-state index in [1.54, 1.807) is 6.07 Å². The first-order chi connectivity index (χ1) is 16.3. The number of nitriles is 1. The fourth-order valence-electron chi connectivity index (χ4n) is 5.56. The lowest BCUT2D eigenvalue weighted by Crippen LogP contribution is -2.53. The number of aryl methyl sites for hydroxylation is 2. The molecule has 2 aliphatic heterocycles. The minimum atomic E-state index is -3.28. The molecule has 5 rings (SSSR count). The Balaban J connectivity index is 0.00000133. The number of ether oxygens (including phenoxy) is 1. The van der Waals surface area contributed by atoms with Gasteiger partial charge < -0.3 is 4.74 Å². The molecule has 2 aromatic rings. The van der Waals surface area contributed by atoms with Crippen molar-refractivity contribution < 1.29 is 13.2 Å². The Morgan fingerprint density at radius 2 is 1.79 bits per heavy atom. The van der Waals surface area contributed by atoms with Gasteiger partial charge in [0.05, 0.1) is 17.9 Å². The first-order valence-corrected chi connectivity index (χ1v) is 14.3. The Hall–Kier alpha value is -2.56. The molecule has 3 aliphatic rings. The van der Waals surface area contributed by atoms with Crippen molar-refractivity contribution in [1.29, 1.82) is 5.26 Å². The number of piperidine rings is 1. The van der Waals surface area contributed by atoms with Crippen molar-refractivity contribution in [2.75, 3.05) is 24.1 Å². The second-order valence-electron chi connectivity index (χ2n) is 9.51. The van der Waals surface area contributed by atoms with Gasteiger partial charge in [-0.1, -0.05) is 19.9 Å². The number of hydrogen-bond acceptors (Lipinski definition) is 5. The molecule has 6 nitrogen and oxygen atoms in total. The lowest BCUT2D eigenvalue weighted by atomic mass is 9.81. The van der Waals surface area contributed by atoms with E-state index in [1.807, 2.05) is 32.0 Å². The van der Waals surface area contributed by atoms with E-state index in [0.717, 1.165) is 74.9 Å². The van der Waals surface area contributed by atoms with Crippen LogP contribution in [0.5, 0.6) is 5.75 Å². The molecule has 1 aliphatic carbocycles. The summed E-state index contributed by atoms with van der Waals surface area (Å²) in [4.78, 5) is 2.63. The zero-order valence-electron chi connectivity index (χ0n) is 20.4. The summed E-state index contributed by atoms with van der Waals surface area (Å²) in [5, 5.41) is 9.14. The summed E-state index contributed by atoms with van der Waals surface area (Å²) in [5.74, 6) is 0.892. The molecule has 0 radical (unpaired) electrons. The van der Waals surface area contributed by atoms with Crippen LogP contribution in [0.3, 0.4) is 0 Å². The molecule has 1 saturated heterocycles. The number of rotatable bonds is 3. The Bertz CT molecular complexity index is 1180. The summed E-state index contributed by atoms with van der Waals surface area (Å²) >= 11 is 0. The summed E-state index contributed by atoms with van der Waals surface area (Å²) in [5.41, 5.74) is 5.06. The third-order valence-corrected chi connectivity index (χ3v) is 7.91. The number of nitrogens with zero attached hydrogens (tertiary/aromatic N) is 2. The Kier molecular flexibility index (Phi) is 7.20. The third-order valence-electron chi connectivity index (χ3n) is 7.30. The maximum Gasteiger partial charge on any atom is 0.229 e. The zero-order chi connectivity index (χ0) is 24.3. The molecule has 182 valence electrons. The number of sulfonamides is 1. The second-order valence-corrected chi connectivity index (χ2v) is 11.3. The van der Waals surface area contributed by atoms with E-state index in [1.165, 1.54) is 17.4 Å². The summed E-state index contributed by atoms with van der Waals surface area (Å²) < 4.78 is 32.1. The highest BCUT2D eigenvalue weighted by molar-refractivity contribution is 7.92. The predicted molar refractivity (Wildman–Crippen MR) is 136 cm³/mol. The molecular weight excluding hydrogens is 446 g/mol. The molecule has 2 aromatic carbocycles. The normalized spacial score (nSPS) is 21.2. The van der Waals surface area contributed by atoms with Gasteiger partial charge >= 0.3 is 0 Å². The van der Waals surface area contributed by atoms with Crippen LogP contribution in [-0.2, 0) is 29.3 Å². The minimum Gasteiger partial charge on any atom is -0.487 e. The average molecular weight is 482 g/mol. The molecule has 0 bridgehead atoms. The van der Waals surface area contributed by atoms with Crippen LogP contribution in [0.15, 0.2) is 36.4 Å². The molecule has 1 spiro atoms. The van der Waals surface area contributed by atoms with E-state index in [0.29, 0.717) is 11.7 Å². The number of anilines is 1. The topological polar surface area (TPSA) is 82.4 Å². The van der Waals surface area contributed by atoms with Gasteiger partial charge in [-0.05, 0) is 92.0 Å². The van der Waals surface area contributed by atoms with E-state index >= 15 is 0 Å². The molecular formula is C27H35N3O3S. The van der Waals surface area contributed by atoms with Crippen LogP contribution in [0.2, 0.25) is 0 Å². The van der Waals surface area contributed by atoms with Crippen molar-refractivity contribution in [2.24, 2.45) is 0 Å². The van der Waals surface area contributed by atoms with Gasteiger partial charge in [0, 0.05) is 24.8 Å². The van der Waals surface area contributed by atoms with Gasteiger partial charge in [-0.15, -0.1) is 0 Å². The Labute approximate surface area is 204 Å². The van der Waals surface area contributed by atoms with Crippen molar-refractivity contribution in [3.05, 3.63) is 58.7 Å². The highest BCUT2D eigenvalue weighted by Gasteiger charge is 2.41. The summed E-state index contributed by atoms with van der Waals surface area (Å²) in [6.07, 6.45) is 8.35. The second kappa shape index (κ2) is 9.97. The fraction of sp³-hybridized carbons (Fsp3) is 0.519. The van der Waals surface area contributed by atoms with Crippen molar-refractivity contribution >= 4 is 15.7 Å². The van der Waals surface area contributed by atoms with Crippen LogP contribution in [-0.4, -0.2) is 44.3 Å². The van der Waals surface area contributed by atoms with Crippen LogP contribution in [0.1, 0.15) is 61.8 Å². The maximum absolute atomic E-state index is 11.5. The minimum absolute atomic E-state index is 0.108. The molecule has 34 heavy (non-hydrogen) atoms. The molecule has 1 unspecified atom stereocenters. The number of benzene rings is 2. The smallest absolute Gasteiger partial charge is 0.229 e. The Morgan fingerprint density at radius 3 is 2.50 bits per heavy atom. The van der Waals surface area contributed by atoms with Gasteiger partial charge in [0.15, 0.2) is 0 Å². The largest absolute Gasteiger partial charge is 0.487 e. The SMILES string of the molecule is CC.CS(=O)(=O)Nc1ccc2c(c1)CCC1(CCN(C3CCc4cc(C#N)ccc4C3)CC1)O2. The molecule has 0 saturated carbocycles. The van der Waals surface area contributed by atoms with Crippen molar-refractivity contribution in [1.82, 2.24) is 4.90 Å². The number of hydrogen-bond donors (Lipinski definition) is 1. The van der Waals surface area contributed by atoms with E-state index in [9.17, 15) is 8.42 Å². The van der Waals surface area contributed by atoms with Crippen molar-refractivity contribution in [2.45, 2.75) is 70.4 Å². The lowest BCUT2D eigenvalue weighted by Gasteiger charge is -2.47. The first kappa shape index (κ1) is 24.6. The first-order valence-electron chi connectivity index (χ1n) is 12.4. The van der Waals surface area contributed by atoms with Crippen molar-refractivity contribution in [3.63, 3.8) is 0 Å². The predicted octanol–water partition coefficient (Wildman–Crippen LogP) is 4.67. The van der Waals surface area contributed by atoms with E-state index in [-0.39, 0.29) is 5.60 Å². The molecule has 0 amide bonds. The standard InChI is InChI=1S/C25H29N3O3S.C2H6/c1-32(29,30)27-22-5-7-24-21(15-22)8-9-25(31-24)10-12-28(13-11-25)23-6-4-19-14-18(17-26)2-3-20(19)16-23;1-2/h2-3,5,7,14-15,23,27H,4,6,8-13,16H2,1H3;1-2H3. The molecule has 2 heterocycles. The fourth-order valence-corrected chi connectivity index (χ4v) is 6.12. The van der Waals surface area contributed by atoms with Crippen LogP contribution >= 0.6 is 0 Å². The molecule has 1 atom stereocenters.